The van der Waals surface area contributed by atoms with Crippen LogP contribution in [0, 0.1) is 0 Å². The van der Waals surface area contributed by atoms with E-state index in [4.69, 9.17) is 11.6 Å². The fourth-order valence-electron chi connectivity index (χ4n) is 2.47. The number of carbonyl (C=O) groups is 1. The number of H-pyrrole nitrogens is 1. The highest BCUT2D eigenvalue weighted by Crippen LogP contribution is 2.18. The first-order valence-electron chi connectivity index (χ1n) is 7.20. The molecule has 0 spiro atoms. The van der Waals surface area contributed by atoms with Crippen molar-refractivity contribution in [1.82, 2.24) is 19.6 Å². The number of phenols is 1. The van der Waals surface area contributed by atoms with Crippen LogP contribution in [0.5, 0.6) is 5.75 Å². The first-order valence-corrected chi connectivity index (χ1v) is 7.58. The Hall–Kier alpha value is -3.39. The number of hydrogen-bond acceptors (Lipinski definition) is 5. The lowest BCUT2D eigenvalue weighted by atomic mass is 10.3. The molecule has 2 aromatic carbocycles. The summed E-state index contributed by atoms with van der Waals surface area (Å²) >= 11 is 5.93. The quantitative estimate of drug-likeness (QED) is 0.510. The molecule has 1 amide bonds. The van der Waals surface area contributed by atoms with Gasteiger partial charge in [-0.05, 0) is 30.3 Å². The number of hydrogen-bond donors (Lipinski definition) is 3. The zero-order valence-corrected chi connectivity index (χ0v) is 13.3. The van der Waals surface area contributed by atoms with E-state index in [0.717, 1.165) is 0 Å². The summed E-state index contributed by atoms with van der Waals surface area (Å²) in [6.07, 6.45) is 0. The molecule has 9 heteroatoms. The van der Waals surface area contributed by atoms with Gasteiger partial charge in [0.05, 0.1) is 11.0 Å². The van der Waals surface area contributed by atoms with Gasteiger partial charge in [-0.25, -0.2) is 4.52 Å². The molecule has 0 fully saturated rings. The van der Waals surface area contributed by atoms with Crippen molar-refractivity contribution in [2.45, 2.75) is 0 Å². The Morgan fingerprint density at radius 3 is 2.88 bits per heavy atom. The van der Waals surface area contributed by atoms with Crippen LogP contribution in [0.3, 0.4) is 0 Å². The van der Waals surface area contributed by atoms with E-state index in [9.17, 15) is 14.7 Å². The van der Waals surface area contributed by atoms with Crippen LogP contribution in [0.1, 0.15) is 10.6 Å². The molecule has 0 saturated heterocycles. The van der Waals surface area contributed by atoms with Crippen LogP contribution < -0.4 is 10.9 Å². The largest absolute Gasteiger partial charge is 0.508 e. The van der Waals surface area contributed by atoms with Gasteiger partial charge < -0.3 is 15.4 Å². The van der Waals surface area contributed by atoms with Gasteiger partial charge in [-0.3, -0.25) is 9.59 Å². The first kappa shape index (κ1) is 15.2. The Labute approximate surface area is 144 Å². The van der Waals surface area contributed by atoms with E-state index in [1.165, 1.54) is 16.6 Å². The Balaban J connectivity index is 1.80. The minimum atomic E-state index is -0.601. The predicted molar refractivity (Wildman–Crippen MR) is 92.2 cm³/mol. The molecule has 0 aliphatic heterocycles. The maximum Gasteiger partial charge on any atom is 0.295 e. The highest BCUT2D eigenvalue weighted by atomic mass is 35.5. The Kier molecular flexibility index (Phi) is 3.40. The predicted octanol–water partition coefficient (Wildman–Crippen LogP) is 2.18. The summed E-state index contributed by atoms with van der Waals surface area (Å²) in [5, 5.41) is 16.6. The van der Waals surface area contributed by atoms with Gasteiger partial charge >= 0.3 is 0 Å². The molecule has 25 heavy (non-hydrogen) atoms. The van der Waals surface area contributed by atoms with Gasteiger partial charge in [-0.2, -0.15) is 4.98 Å². The minimum absolute atomic E-state index is 0.00381. The van der Waals surface area contributed by atoms with Gasteiger partial charge in [0.25, 0.3) is 11.5 Å². The lowest BCUT2D eigenvalue weighted by Gasteiger charge is -2.02. The third kappa shape index (κ3) is 2.68. The second-order valence-corrected chi connectivity index (χ2v) is 5.73. The van der Waals surface area contributed by atoms with E-state index < -0.39 is 11.5 Å². The van der Waals surface area contributed by atoms with E-state index >= 15 is 0 Å². The smallest absolute Gasteiger partial charge is 0.295 e. The number of anilines is 1. The molecule has 0 aliphatic carbocycles. The summed E-state index contributed by atoms with van der Waals surface area (Å²) in [7, 11) is 0. The van der Waals surface area contributed by atoms with Gasteiger partial charge in [-0.1, -0.05) is 17.7 Å². The molecule has 8 nitrogen and oxygen atoms in total. The third-order valence-corrected chi connectivity index (χ3v) is 3.79. The van der Waals surface area contributed by atoms with Crippen LogP contribution in [0.25, 0.3) is 16.7 Å². The van der Waals surface area contributed by atoms with E-state index in [-0.39, 0.29) is 17.2 Å². The van der Waals surface area contributed by atoms with Gasteiger partial charge in [0.15, 0.2) is 0 Å². The Morgan fingerprint density at radius 2 is 2.08 bits per heavy atom. The van der Waals surface area contributed by atoms with E-state index in [1.54, 1.807) is 30.3 Å². The zero-order valence-electron chi connectivity index (χ0n) is 12.5. The van der Waals surface area contributed by atoms with Crippen LogP contribution in [0.15, 0.2) is 47.3 Å². The molecule has 0 atom stereocenters. The number of nitrogens with zero attached hydrogens (tertiary/aromatic N) is 3. The maximum absolute atomic E-state index is 12.3. The maximum atomic E-state index is 12.3. The Bertz CT molecular complexity index is 1200. The number of phenolic OH excluding ortho intramolecular Hbond substituents is 1. The SMILES string of the molecule is O=C(Nc1cccc(O)c1)c1nc2c(=O)[nH]c3cc(Cl)ccc3n2n1. The van der Waals surface area contributed by atoms with Gasteiger partial charge in [0.2, 0.25) is 11.5 Å². The molecule has 3 N–H and O–H groups in total. The van der Waals surface area contributed by atoms with Crippen molar-refractivity contribution >= 4 is 39.9 Å². The van der Waals surface area contributed by atoms with Gasteiger partial charge in [0, 0.05) is 16.8 Å². The minimum Gasteiger partial charge on any atom is -0.508 e. The van der Waals surface area contributed by atoms with Crippen LogP contribution in [-0.2, 0) is 0 Å². The third-order valence-electron chi connectivity index (χ3n) is 3.55. The highest BCUT2D eigenvalue weighted by molar-refractivity contribution is 6.31. The first-order chi connectivity index (χ1) is 12.0. The van der Waals surface area contributed by atoms with Gasteiger partial charge in [-0.15, -0.1) is 5.10 Å². The fraction of sp³-hybridized carbons (Fsp3) is 0. The molecule has 2 heterocycles. The van der Waals surface area contributed by atoms with Crippen molar-refractivity contribution in [2.75, 3.05) is 5.32 Å². The molecule has 4 aromatic rings. The summed E-state index contributed by atoms with van der Waals surface area (Å²) in [6.45, 7) is 0. The topological polar surface area (TPSA) is 112 Å². The molecular formula is C16H10ClN5O3. The summed E-state index contributed by atoms with van der Waals surface area (Å²) in [5.41, 5.74) is 0.932. The normalized spacial score (nSPS) is 11.1. The molecular weight excluding hydrogens is 346 g/mol. The lowest BCUT2D eigenvalue weighted by Crippen LogP contribution is -2.13. The van der Waals surface area contributed by atoms with Crippen molar-refractivity contribution in [2.24, 2.45) is 0 Å². The number of halogens is 1. The standard InChI is InChI=1S/C16H10ClN5O3/c17-8-4-5-12-11(6-8)19-16(25)14-20-13(21-22(12)14)15(24)18-9-2-1-3-10(23)7-9/h1-7,23H,(H,18,24)(H,19,25). The second kappa shape index (κ2) is 5.60. The van der Waals surface area contributed by atoms with Crippen LogP contribution in [-0.4, -0.2) is 30.6 Å². The van der Waals surface area contributed by atoms with E-state index in [0.29, 0.717) is 21.7 Å². The van der Waals surface area contributed by atoms with Crippen molar-refractivity contribution in [3.63, 3.8) is 0 Å². The van der Waals surface area contributed by atoms with Crippen LogP contribution >= 0.6 is 11.6 Å². The average molecular weight is 356 g/mol. The number of benzene rings is 2. The average Bonchev–Trinajstić information content (AvgIpc) is 3.01. The van der Waals surface area contributed by atoms with Crippen LogP contribution in [0.2, 0.25) is 5.02 Å². The van der Waals surface area contributed by atoms with E-state index in [2.05, 4.69) is 20.4 Å². The van der Waals surface area contributed by atoms with Crippen LogP contribution in [0.4, 0.5) is 5.69 Å². The highest BCUT2D eigenvalue weighted by Gasteiger charge is 2.17. The lowest BCUT2D eigenvalue weighted by molar-refractivity contribution is 0.101. The summed E-state index contributed by atoms with van der Waals surface area (Å²) in [5.74, 6) is -0.757. The van der Waals surface area contributed by atoms with Crippen molar-refractivity contribution in [3.05, 3.63) is 63.7 Å². The molecule has 0 saturated carbocycles. The Morgan fingerprint density at radius 1 is 1.24 bits per heavy atom. The summed E-state index contributed by atoms with van der Waals surface area (Å²) in [6, 6.07) is 11.0. The second-order valence-electron chi connectivity index (χ2n) is 5.29. The zero-order chi connectivity index (χ0) is 17.6. The fourth-order valence-corrected chi connectivity index (χ4v) is 2.64. The van der Waals surface area contributed by atoms with E-state index in [1.807, 2.05) is 0 Å². The molecule has 0 unspecified atom stereocenters. The van der Waals surface area contributed by atoms with Crippen molar-refractivity contribution in [3.8, 4) is 5.75 Å². The number of aromatic amines is 1. The molecule has 124 valence electrons. The molecule has 0 radical (unpaired) electrons. The van der Waals surface area contributed by atoms with Crippen molar-refractivity contribution < 1.29 is 9.90 Å². The monoisotopic (exact) mass is 355 g/mol. The number of amides is 1. The van der Waals surface area contributed by atoms with Gasteiger partial charge in [0.1, 0.15) is 5.75 Å². The number of aromatic nitrogens is 4. The summed E-state index contributed by atoms with van der Waals surface area (Å²) < 4.78 is 1.29. The number of rotatable bonds is 2. The summed E-state index contributed by atoms with van der Waals surface area (Å²) in [4.78, 5) is 31.1. The number of carbonyl (C=O) groups excluding carboxylic acids is 1. The van der Waals surface area contributed by atoms with Crippen molar-refractivity contribution in [1.29, 1.82) is 0 Å². The molecule has 2 aromatic heterocycles. The number of aromatic hydroxyl groups is 1. The number of fused-ring (bicyclic) bond motifs is 3. The number of nitrogens with one attached hydrogen (secondary N) is 2. The molecule has 0 aliphatic rings. The molecule has 0 bridgehead atoms. The molecule has 4 rings (SSSR count).